The van der Waals surface area contributed by atoms with E-state index in [2.05, 4.69) is 18.3 Å². The number of halogens is 5. The Kier molecular flexibility index (Phi) is 4.48. The third kappa shape index (κ3) is 4.14. The summed E-state index contributed by atoms with van der Waals surface area (Å²) in [5, 5.41) is 0. The van der Waals surface area contributed by atoms with Gasteiger partial charge < -0.3 is 4.74 Å². The highest BCUT2D eigenvalue weighted by atomic mass is 31.2. The molecule has 102 valence electrons. The van der Waals surface area contributed by atoms with Gasteiger partial charge in [-0.05, 0) is 0 Å². The molecule has 11 heteroatoms. The van der Waals surface area contributed by atoms with E-state index in [1.807, 2.05) is 0 Å². The van der Waals surface area contributed by atoms with Crippen LogP contribution in [0, 0.1) is 0 Å². The van der Waals surface area contributed by atoms with Crippen molar-refractivity contribution in [3.63, 3.8) is 0 Å². The summed E-state index contributed by atoms with van der Waals surface area (Å²) < 4.78 is 87.1. The largest absolute Gasteiger partial charge is 0.482 e. The molecular weight excluding hydrogens is 278 g/mol. The third-order valence-electron chi connectivity index (χ3n) is 1.53. The molecule has 1 heterocycles. The predicted octanol–water partition coefficient (Wildman–Crippen LogP) is 2.33. The lowest BCUT2D eigenvalue weighted by molar-refractivity contribution is -0.391. The number of hydrogen-bond donors (Lipinski definition) is 0. The summed E-state index contributed by atoms with van der Waals surface area (Å²) in [6.07, 6.45) is -11.1. The molecule has 1 aliphatic rings. The van der Waals surface area contributed by atoms with Crippen molar-refractivity contribution in [3.05, 3.63) is 0 Å². The minimum atomic E-state index is -5.81. The van der Waals surface area contributed by atoms with E-state index in [1.165, 1.54) is 0 Å². The van der Waals surface area contributed by atoms with E-state index in [-0.39, 0.29) is 13.2 Å². The second-order valence-corrected chi connectivity index (χ2v) is 4.48. The van der Waals surface area contributed by atoms with Crippen LogP contribution >= 0.6 is 7.82 Å². The SMILES string of the molecule is O=P1(OCCOC(F)(F)C(F)(F)F)OCCO1. The predicted molar refractivity (Wildman–Crippen MR) is 42.4 cm³/mol. The molecular formula is C6H8F5O5P. The molecule has 1 fully saturated rings. The van der Waals surface area contributed by atoms with Crippen molar-refractivity contribution in [2.24, 2.45) is 0 Å². The number of rotatable bonds is 5. The van der Waals surface area contributed by atoms with Gasteiger partial charge in [-0.1, -0.05) is 0 Å². The monoisotopic (exact) mass is 286 g/mol. The first-order chi connectivity index (χ1) is 7.66. The van der Waals surface area contributed by atoms with Gasteiger partial charge in [-0.2, -0.15) is 22.0 Å². The summed E-state index contributed by atoms with van der Waals surface area (Å²) in [5.41, 5.74) is 0. The topological polar surface area (TPSA) is 54.0 Å². The Hall–Kier alpha value is -0.280. The van der Waals surface area contributed by atoms with Gasteiger partial charge in [0, 0.05) is 0 Å². The van der Waals surface area contributed by atoms with Crippen LogP contribution in [0.15, 0.2) is 0 Å². The first-order valence-electron chi connectivity index (χ1n) is 4.28. The molecule has 0 N–H and O–H groups in total. The van der Waals surface area contributed by atoms with E-state index in [0.717, 1.165) is 0 Å². The van der Waals surface area contributed by atoms with E-state index in [4.69, 9.17) is 0 Å². The van der Waals surface area contributed by atoms with E-state index in [0.29, 0.717) is 0 Å². The average Bonchev–Trinajstić information content (AvgIpc) is 2.59. The van der Waals surface area contributed by atoms with E-state index in [1.54, 1.807) is 0 Å². The van der Waals surface area contributed by atoms with Gasteiger partial charge in [0.25, 0.3) is 0 Å². The van der Waals surface area contributed by atoms with Crippen LogP contribution in [0.25, 0.3) is 0 Å². The molecule has 0 unspecified atom stereocenters. The minimum absolute atomic E-state index is 0.00313. The Bertz CT molecular complexity index is 296. The highest BCUT2D eigenvalue weighted by molar-refractivity contribution is 7.48. The van der Waals surface area contributed by atoms with Crippen LogP contribution in [-0.4, -0.2) is 38.7 Å². The summed E-state index contributed by atoms with van der Waals surface area (Å²) in [6, 6.07) is 0. The first-order valence-corrected chi connectivity index (χ1v) is 5.74. The molecule has 0 atom stereocenters. The van der Waals surface area contributed by atoms with E-state index in [9.17, 15) is 26.5 Å². The maximum absolute atomic E-state index is 12.2. The van der Waals surface area contributed by atoms with Crippen LogP contribution in [-0.2, 0) is 22.9 Å². The lowest BCUT2D eigenvalue weighted by atomic mass is 10.6. The normalized spacial score (nSPS) is 20.8. The Balaban J connectivity index is 2.27. The van der Waals surface area contributed by atoms with Gasteiger partial charge in [-0.15, -0.1) is 0 Å². The maximum Gasteiger partial charge on any atom is 0.482 e. The molecule has 1 saturated heterocycles. The van der Waals surface area contributed by atoms with Crippen molar-refractivity contribution in [1.82, 2.24) is 0 Å². The molecule has 17 heavy (non-hydrogen) atoms. The molecule has 5 nitrogen and oxygen atoms in total. The molecule has 0 radical (unpaired) electrons. The summed E-state index contributed by atoms with van der Waals surface area (Å²) >= 11 is 0. The lowest BCUT2D eigenvalue weighted by Crippen LogP contribution is -2.39. The first kappa shape index (κ1) is 14.8. The van der Waals surface area contributed by atoms with E-state index >= 15 is 0 Å². The molecule has 0 aromatic heterocycles. The number of phosphoric acid groups is 1. The van der Waals surface area contributed by atoms with Crippen molar-refractivity contribution < 1.29 is 44.8 Å². The number of hydrogen-bond acceptors (Lipinski definition) is 5. The Morgan fingerprint density at radius 3 is 2.06 bits per heavy atom. The number of ether oxygens (including phenoxy) is 1. The summed E-state index contributed by atoms with van der Waals surface area (Å²) in [6.45, 7) is -1.89. The molecule has 0 aromatic carbocycles. The maximum atomic E-state index is 12.2. The molecule has 1 rings (SSSR count). The second kappa shape index (κ2) is 5.15. The standard InChI is InChI=1S/C6H8F5O5P/c7-5(8,9)6(10,11)13-1-2-14-17(12)15-3-4-16-17/h1-4H2. The zero-order chi connectivity index (χ0) is 13.2. The minimum Gasteiger partial charge on any atom is -0.311 e. The summed E-state index contributed by atoms with van der Waals surface area (Å²) in [5.74, 6) is 0. The van der Waals surface area contributed by atoms with Crippen LogP contribution in [0.4, 0.5) is 22.0 Å². The van der Waals surface area contributed by atoms with Crippen LogP contribution in [0.1, 0.15) is 0 Å². The van der Waals surface area contributed by atoms with Crippen LogP contribution in [0.5, 0.6) is 0 Å². The zero-order valence-electron chi connectivity index (χ0n) is 8.21. The average molecular weight is 286 g/mol. The quantitative estimate of drug-likeness (QED) is 0.441. The Morgan fingerprint density at radius 1 is 1.06 bits per heavy atom. The molecule has 0 aliphatic carbocycles. The van der Waals surface area contributed by atoms with Crippen molar-refractivity contribution in [3.8, 4) is 0 Å². The molecule has 0 amide bonds. The summed E-state index contributed by atoms with van der Waals surface area (Å²) in [4.78, 5) is 0. The van der Waals surface area contributed by atoms with Gasteiger partial charge >= 0.3 is 20.1 Å². The molecule has 1 aliphatic heterocycles. The Morgan fingerprint density at radius 2 is 1.59 bits per heavy atom. The van der Waals surface area contributed by atoms with Crippen LogP contribution in [0.3, 0.4) is 0 Å². The fraction of sp³-hybridized carbons (Fsp3) is 1.00. The van der Waals surface area contributed by atoms with Gasteiger partial charge in [-0.3, -0.25) is 13.6 Å². The van der Waals surface area contributed by atoms with Crippen molar-refractivity contribution in [2.75, 3.05) is 26.4 Å². The molecule has 0 bridgehead atoms. The van der Waals surface area contributed by atoms with Crippen LogP contribution in [0.2, 0.25) is 0 Å². The van der Waals surface area contributed by atoms with Gasteiger partial charge in [-0.25, -0.2) is 4.57 Å². The Labute approximate surface area is 92.4 Å². The van der Waals surface area contributed by atoms with Gasteiger partial charge in [0.15, 0.2) is 0 Å². The number of phosphoric ester groups is 1. The van der Waals surface area contributed by atoms with Gasteiger partial charge in [0.1, 0.15) is 0 Å². The van der Waals surface area contributed by atoms with Crippen molar-refractivity contribution in [2.45, 2.75) is 12.3 Å². The van der Waals surface area contributed by atoms with Crippen molar-refractivity contribution in [1.29, 1.82) is 0 Å². The zero-order valence-corrected chi connectivity index (χ0v) is 9.10. The van der Waals surface area contributed by atoms with Crippen molar-refractivity contribution >= 4 is 7.82 Å². The summed E-state index contributed by atoms with van der Waals surface area (Å²) in [7, 11) is -3.80. The fourth-order valence-electron chi connectivity index (χ4n) is 0.811. The molecule has 0 aromatic rings. The molecule has 0 spiro atoms. The second-order valence-electron chi connectivity index (χ2n) is 2.81. The highest BCUT2D eigenvalue weighted by Crippen LogP contribution is 2.52. The molecule has 0 saturated carbocycles. The number of alkyl halides is 5. The highest BCUT2D eigenvalue weighted by Gasteiger charge is 2.59. The van der Waals surface area contributed by atoms with E-state index < -0.39 is 33.3 Å². The fourth-order valence-corrected chi connectivity index (χ4v) is 1.93. The van der Waals surface area contributed by atoms with Crippen LogP contribution < -0.4 is 0 Å². The van der Waals surface area contributed by atoms with Gasteiger partial charge in [0.05, 0.1) is 26.4 Å². The van der Waals surface area contributed by atoms with Gasteiger partial charge in [0.2, 0.25) is 0 Å². The smallest absolute Gasteiger partial charge is 0.311 e. The lowest BCUT2D eigenvalue weighted by Gasteiger charge is -2.19. The third-order valence-corrected chi connectivity index (χ3v) is 3.02.